The number of aliphatic hydroxyl groups is 1. The number of piperazine rings is 4. The van der Waals surface area contributed by atoms with Gasteiger partial charge in [0.15, 0.2) is 22.6 Å². The van der Waals surface area contributed by atoms with Crippen LogP contribution in [0.2, 0.25) is 0 Å². The Morgan fingerprint density at radius 1 is 0.367 bits per heavy atom. The van der Waals surface area contributed by atoms with Gasteiger partial charge in [-0.2, -0.15) is 25.5 Å². The van der Waals surface area contributed by atoms with Gasteiger partial charge in [0.25, 0.3) is 35.4 Å². The Balaban J connectivity index is 0.000000134. The number of carbonyl (C=O) groups excluding carboxylic acids is 8. The number of nitrogens with zero attached hydrogens (tertiary/aromatic N) is 25. The van der Waals surface area contributed by atoms with Gasteiger partial charge in [-0.25, -0.2) is 43.0 Å². The van der Waals surface area contributed by atoms with Crippen LogP contribution in [-0.4, -0.2) is 295 Å². The van der Waals surface area contributed by atoms with Gasteiger partial charge in [0, 0.05) is 148 Å². The molecule has 0 atom stereocenters. The number of amidine groups is 1. The lowest BCUT2D eigenvalue weighted by Crippen LogP contribution is -2.63. The number of aromatic amines is 1. The molecule has 10 aromatic heterocycles. The van der Waals surface area contributed by atoms with Crippen molar-refractivity contribution in [2.45, 2.75) is 224 Å². The normalized spacial score (nSPS) is 17.9. The van der Waals surface area contributed by atoms with E-state index in [0.29, 0.717) is 155 Å². The number of imidazole rings is 4. The predicted molar refractivity (Wildman–Crippen MR) is 561 cm³/mol. The maximum atomic E-state index is 13.7. The third-order valence-corrected chi connectivity index (χ3v) is 28.4. The first-order chi connectivity index (χ1) is 69.5. The number of amides is 8. The molecule has 20 rings (SSSR count). The summed E-state index contributed by atoms with van der Waals surface area (Å²) < 4.78 is 12.2. The molecule has 1 saturated carbocycles. The maximum Gasteiger partial charge on any atom is 0.311 e. The molecule has 36 heteroatoms. The van der Waals surface area contributed by atoms with Crippen LogP contribution in [0.25, 0.3) is 67.6 Å². The van der Waals surface area contributed by atoms with E-state index in [-0.39, 0.29) is 88.6 Å². The van der Waals surface area contributed by atoms with Crippen LogP contribution in [-0.2, 0) is 9.59 Å². The van der Waals surface area contributed by atoms with Gasteiger partial charge in [-0.05, 0) is 164 Å². The fourth-order valence-electron chi connectivity index (χ4n) is 20.2. The van der Waals surface area contributed by atoms with E-state index in [9.17, 15) is 43.5 Å². The Kier molecular flexibility index (Phi) is 28.5. The minimum atomic E-state index is -0.737. The lowest BCUT2D eigenvalue weighted by molar-refractivity contribution is -0.153. The van der Waals surface area contributed by atoms with E-state index in [0.717, 1.165) is 73.0 Å². The standard InChI is InChI=1S/C29H37N5O3.C28H33N7O2.C27H31N7O3.C27H31N7O2/c1-18(2)22-13-23(20-9-7-19(3)8-10-20)31-34-16-24(30-25(22)34)27(36)33-12-11-32(17-28(33,4)5)26(35)21-14-29(6,37)15-21;1-17(2)21-14-22(20-9-7-18(3)8-10-20)32-35-15-24(29-25(21)35)27(37)34-12-11-33(16-28(34,5)6)26(36)23-13-19(4)30-31-23;1-16(2)20-13-21(19-9-7-17(3)8-10-19)31-34-14-22(28-23(20)34)25(35)33-12-11-32(15-27(33,5)6)26(36)24-30-29-18(4)37-24;1-17(2)20-14-21(19-8-6-18(3)7-9-19)31-34-15-22(30-24(20)34)25(35)33-13-12-32(16-27(33,4)5)26(36)23-28-10-11-29-23/h7-10,13,16,18,21,37H,11-12,14-15,17H2,1-6H3;7-10,13-15,17H,11-12,16H2,1-6H3,(H,30,31);7-10,13-14,16H,11-12,15H2,1-6H3;6-10,14-15,17H,11-13,16H2,1-5H3. The number of aromatic nitrogens is 16. The Labute approximate surface area is 855 Å². The van der Waals surface area contributed by atoms with Gasteiger partial charge in [0.2, 0.25) is 17.6 Å². The third kappa shape index (κ3) is 21.7. The largest absolute Gasteiger partial charge is 0.417 e. The van der Waals surface area contributed by atoms with Crippen LogP contribution in [0.4, 0.5) is 0 Å². The average molecular weight is 1990 g/mol. The van der Waals surface area contributed by atoms with Gasteiger partial charge in [-0.1, -0.05) is 175 Å². The van der Waals surface area contributed by atoms with Crippen molar-refractivity contribution in [1.29, 1.82) is 0 Å². The zero-order valence-electron chi connectivity index (χ0n) is 88.3. The highest BCUT2D eigenvalue weighted by Crippen LogP contribution is 2.41. The molecule has 0 spiro atoms. The highest BCUT2D eigenvalue weighted by atomic mass is 16.4. The first-order valence-corrected chi connectivity index (χ1v) is 50.5. The van der Waals surface area contributed by atoms with Crippen LogP contribution in [0, 0.1) is 47.5 Å². The van der Waals surface area contributed by atoms with Gasteiger partial charge in [-0.3, -0.25) is 48.4 Å². The van der Waals surface area contributed by atoms with Crippen molar-refractivity contribution in [3.05, 3.63) is 243 Å². The van der Waals surface area contributed by atoms with Crippen LogP contribution in [0.3, 0.4) is 0 Å². The summed E-state index contributed by atoms with van der Waals surface area (Å²) in [5.41, 5.74) is 18.6. The first-order valence-electron chi connectivity index (χ1n) is 50.5. The maximum absolute atomic E-state index is 13.7. The predicted octanol–water partition coefficient (Wildman–Crippen LogP) is 15.6. The number of aryl methyl sites for hydroxylation is 6. The number of hydrogen-bond donors (Lipinski definition) is 2. The minimum Gasteiger partial charge on any atom is -0.417 e. The Hall–Kier alpha value is -15.2. The van der Waals surface area contributed by atoms with E-state index in [1.807, 2.05) is 77.0 Å². The summed E-state index contributed by atoms with van der Waals surface area (Å²) in [5.74, 6) is -0.0272. The molecule has 4 saturated heterocycles. The molecule has 0 radical (unpaired) electrons. The number of H-pyrrole nitrogens is 1. The molecule has 36 nitrogen and oxygen atoms in total. The van der Waals surface area contributed by atoms with Crippen molar-refractivity contribution in [3.8, 4) is 45.0 Å². The molecular formula is C111H132N26O10. The second-order valence-corrected chi connectivity index (χ2v) is 43.8. The van der Waals surface area contributed by atoms with E-state index in [1.165, 1.54) is 22.3 Å². The molecule has 766 valence electrons. The van der Waals surface area contributed by atoms with E-state index in [1.54, 1.807) is 93.5 Å². The summed E-state index contributed by atoms with van der Waals surface area (Å²) in [6, 6.07) is 43.0. The highest BCUT2D eigenvalue weighted by Gasteiger charge is 2.49. The van der Waals surface area contributed by atoms with E-state index < -0.39 is 27.8 Å². The van der Waals surface area contributed by atoms with Crippen molar-refractivity contribution < 1.29 is 47.9 Å². The van der Waals surface area contributed by atoms with Gasteiger partial charge in [-0.15, -0.1) is 10.2 Å². The average Bonchev–Trinajstić information content (AvgIpc) is 1.76. The van der Waals surface area contributed by atoms with Crippen molar-refractivity contribution in [1.82, 2.24) is 118 Å². The number of hydrogen-bond acceptors (Lipinski definition) is 23. The summed E-state index contributed by atoms with van der Waals surface area (Å²) in [4.78, 5) is 148. The van der Waals surface area contributed by atoms with Crippen LogP contribution in [0.1, 0.15) is 273 Å². The van der Waals surface area contributed by atoms with Crippen molar-refractivity contribution in [2.24, 2.45) is 15.9 Å². The molecule has 2 N–H and O–H groups in total. The molecule has 14 aromatic rings. The van der Waals surface area contributed by atoms with Crippen molar-refractivity contribution in [2.75, 3.05) is 85.1 Å². The van der Waals surface area contributed by atoms with Crippen molar-refractivity contribution >= 4 is 81.9 Å². The van der Waals surface area contributed by atoms with Gasteiger partial charge in [0.1, 0.15) is 28.5 Å². The van der Waals surface area contributed by atoms with Gasteiger partial charge >= 0.3 is 11.8 Å². The third-order valence-electron chi connectivity index (χ3n) is 28.4. The summed E-state index contributed by atoms with van der Waals surface area (Å²) in [5, 5.41) is 43.7. The number of aliphatic imine (C=N–C) groups is 2. The second-order valence-electron chi connectivity index (χ2n) is 43.8. The second kappa shape index (κ2) is 40.6. The summed E-state index contributed by atoms with van der Waals surface area (Å²) in [6.45, 7) is 51.5. The molecule has 147 heavy (non-hydrogen) atoms. The SMILES string of the molecule is Cc1ccc(-c2cc(C(C)C)c3nc(C(=O)N4CCN(C(=O)C5=NCC=N5)CC4(C)C)cn3n2)cc1.Cc1ccc(-c2cc(C(C)C)c3nc(C(=O)N4CCN(C(=O)C5CC(C)(O)C5)CC4(C)C)cn3n2)cc1.Cc1ccc(-c2cc(C(C)C)c3nc(C(=O)N4CCN(C(=O)c5cc(C)[nH]n5)CC4(C)C)cn3n2)cc1.Cc1ccc(-c2cc(C(C)C)c3nc(C(=O)N4CCN(C(=O)c5nnc(C)o5)CC4(C)C)cn3n2)cc1. The summed E-state index contributed by atoms with van der Waals surface area (Å²) >= 11 is 0. The zero-order valence-corrected chi connectivity index (χ0v) is 88.3. The Morgan fingerprint density at radius 2 is 0.667 bits per heavy atom. The smallest absolute Gasteiger partial charge is 0.311 e. The molecule has 0 unspecified atom stereocenters. The molecule has 1 aliphatic carbocycles. The Morgan fingerprint density at radius 3 is 0.932 bits per heavy atom. The van der Waals surface area contributed by atoms with E-state index in [2.05, 4.69) is 235 Å². The quantitative estimate of drug-likeness (QED) is 0.0907. The van der Waals surface area contributed by atoms with Gasteiger partial charge < -0.3 is 48.7 Å². The minimum absolute atomic E-state index is 0.0369. The molecular weight excluding hydrogens is 1860 g/mol. The molecule has 4 aromatic carbocycles. The number of benzene rings is 4. The summed E-state index contributed by atoms with van der Waals surface area (Å²) in [7, 11) is 0. The number of nitrogens with one attached hydrogen (secondary N) is 1. The van der Waals surface area contributed by atoms with Gasteiger partial charge in [0.05, 0.1) is 81.9 Å². The van der Waals surface area contributed by atoms with Crippen LogP contribution in [0.15, 0.2) is 167 Å². The lowest BCUT2D eigenvalue weighted by Gasteiger charge is -2.49. The van der Waals surface area contributed by atoms with Crippen LogP contribution < -0.4 is 0 Å². The summed E-state index contributed by atoms with van der Waals surface area (Å²) in [6.07, 6.45) is 9.51. The fourth-order valence-corrected chi connectivity index (χ4v) is 20.2. The number of rotatable bonds is 16. The molecule has 5 fully saturated rings. The zero-order chi connectivity index (χ0) is 105. The highest BCUT2D eigenvalue weighted by molar-refractivity contribution is 6.40. The van der Waals surface area contributed by atoms with Crippen LogP contribution >= 0.6 is 0 Å². The molecule has 8 amide bonds. The number of carbonyl (C=O) groups is 8. The fraction of sp³-hybridized carbons (Fsp3) is 0.432. The molecule has 15 heterocycles. The van der Waals surface area contributed by atoms with Crippen molar-refractivity contribution in [3.63, 3.8) is 0 Å². The molecule has 0 bridgehead atoms. The monoisotopic (exact) mass is 1990 g/mol. The Bertz CT molecular complexity index is 7240. The van der Waals surface area contributed by atoms with E-state index >= 15 is 0 Å². The van der Waals surface area contributed by atoms with E-state index in [4.69, 9.17) is 44.7 Å². The van der Waals surface area contributed by atoms with Crippen LogP contribution in [0.5, 0.6) is 0 Å². The number of fused-ring (bicyclic) bond motifs is 4. The topological polar surface area (TPSA) is 396 Å². The molecule has 6 aliphatic rings. The molecule has 5 aliphatic heterocycles. The lowest BCUT2D eigenvalue weighted by atomic mass is 9.71. The first kappa shape index (κ1) is 103.